The fraction of sp³-hybridized carbons (Fsp3) is 0.417. The molecule has 0 aliphatic carbocycles. The third kappa shape index (κ3) is 4.50. The molecule has 1 rings (SSSR count). The minimum atomic E-state index is -0.503. The zero-order valence-electron chi connectivity index (χ0n) is 10.5. The minimum absolute atomic E-state index is 0.0325. The van der Waals surface area contributed by atoms with Crippen molar-refractivity contribution in [1.82, 2.24) is 10.2 Å². The van der Waals surface area contributed by atoms with Crippen LogP contribution in [0.15, 0.2) is 24.8 Å². The second-order valence-corrected chi connectivity index (χ2v) is 3.61. The van der Waals surface area contributed by atoms with Crippen molar-refractivity contribution in [3.63, 3.8) is 0 Å². The lowest BCUT2D eigenvalue weighted by Gasteiger charge is -2.12. The Morgan fingerprint density at radius 2 is 2.33 bits per heavy atom. The van der Waals surface area contributed by atoms with E-state index in [4.69, 9.17) is 4.74 Å². The Morgan fingerprint density at radius 3 is 2.89 bits per heavy atom. The molecule has 6 nitrogen and oxygen atoms in total. The van der Waals surface area contributed by atoms with E-state index in [-0.39, 0.29) is 11.8 Å². The van der Waals surface area contributed by atoms with Gasteiger partial charge in [-0.2, -0.15) is 0 Å². The first kappa shape index (κ1) is 14.1. The average molecular weight is 251 g/mol. The topological polar surface area (TPSA) is 73.3 Å². The van der Waals surface area contributed by atoms with Crippen LogP contribution in [0.3, 0.4) is 0 Å². The smallest absolute Gasteiger partial charge is 0.358 e. The second-order valence-electron chi connectivity index (χ2n) is 3.61. The van der Waals surface area contributed by atoms with Crippen LogP contribution < -0.4 is 5.32 Å². The molecule has 1 N–H and O–H groups in total. The molecule has 0 bridgehead atoms. The lowest BCUT2D eigenvalue weighted by atomic mass is 10.3. The fourth-order valence-electron chi connectivity index (χ4n) is 1.18. The molecule has 1 heterocycles. The molecule has 6 heteroatoms. The van der Waals surface area contributed by atoms with Crippen molar-refractivity contribution in [2.75, 3.05) is 25.6 Å². The Bertz CT molecular complexity index is 392. The van der Waals surface area contributed by atoms with Gasteiger partial charge in [0.15, 0.2) is 5.69 Å². The van der Waals surface area contributed by atoms with E-state index in [1.807, 2.05) is 6.92 Å². The highest BCUT2D eigenvalue weighted by atomic mass is 16.5. The van der Waals surface area contributed by atoms with Crippen molar-refractivity contribution >= 4 is 11.8 Å². The number of nitrogens with zero attached hydrogens (tertiary/aromatic N) is 2. The summed E-state index contributed by atoms with van der Waals surface area (Å²) in [4.78, 5) is 11.1. The van der Waals surface area contributed by atoms with E-state index < -0.39 is 5.97 Å². The van der Waals surface area contributed by atoms with E-state index in [2.05, 4.69) is 26.8 Å². The van der Waals surface area contributed by atoms with Crippen LogP contribution in [0, 0.1) is 0 Å². The molecule has 1 unspecified atom stereocenters. The molecule has 0 aliphatic rings. The molecular formula is C12H17N3O3. The van der Waals surface area contributed by atoms with E-state index in [0.717, 1.165) is 0 Å². The normalized spacial score (nSPS) is 11.7. The third-order valence-electron chi connectivity index (χ3n) is 2.13. The van der Waals surface area contributed by atoms with Crippen LogP contribution in [0.25, 0.3) is 0 Å². The summed E-state index contributed by atoms with van der Waals surface area (Å²) in [5, 5.41) is 10.7. The van der Waals surface area contributed by atoms with Crippen LogP contribution >= 0.6 is 0 Å². The van der Waals surface area contributed by atoms with Crippen molar-refractivity contribution in [2.24, 2.45) is 0 Å². The molecule has 0 radical (unpaired) electrons. The quantitative estimate of drug-likeness (QED) is 0.581. The number of ether oxygens (including phenoxy) is 2. The summed E-state index contributed by atoms with van der Waals surface area (Å²) < 4.78 is 9.92. The standard InChI is InChI=1S/C12H17N3O3/c1-4-7-18-9(2)8-13-11-6-5-10(14-15-11)12(16)17-3/h4-6,9H,1,7-8H2,2-3H3,(H,13,15). The molecule has 1 aromatic heterocycles. The maximum absolute atomic E-state index is 11.1. The van der Waals surface area contributed by atoms with Gasteiger partial charge in [-0.15, -0.1) is 16.8 Å². The van der Waals surface area contributed by atoms with Gasteiger partial charge in [0.2, 0.25) is 0 Å². The number of nitrogens with one attached hydrogen (secondary N) is 1. The van der Waals surface area contributed by atoms with E-state index in [0.29, 0.717) is 19.0 Å². The highest BCUT2D eigenvalue weighted by Crippen LogP contribution is 2.03. The number of carbonyl (C=O) groups excluding carboxylic acids is 1. The molecule has 0 amide bonds. The van der Waals surface area contributed by atoms with Gasteiger partial charge in [0.25, 0.3) is 0 Å². The summed E-state index contributed by atoms with van der Waals surface area (Å²) in [5.41, 5.74) is 0.180. The van der Waals surface area contributed by atoms with Gasteiger partial charge < -0.3 is 14.8 Å². The Kier molecular flexibility index (Phi) is 5.79. The molecule has 0 aromatic carbocycles. The summed E-state index contributed by atoms with van der Waals surface area (Å²) in [7, 11) is 1.30. The first-order valence-electron chi connectivity index (χ1n) is 5.55. The molecule has 0 spiro atoms. The number of hydrogen-bond donors (Lipinski definition) is 1. The zero-order valence-corrected chi connectivity index (χ0v) is 10.5. The van der Waals surface area contributed by atoms with Gasteiger partial charge in [0, 0.05) is 6.54 Å². The lowest BCUT2D eigenvalue weighted by Crippen LogP contribution is -2.20. The monoisotopic (exact) mass is 251 g/mol. The molecule has 0 aliphatic heterocycles. The number of anilines is 1. The minimum Gasteiger partial charge on any atom is -0.464 e. The summed E-state index contributed by atoms with van der Waals surface area (Å²) in [6.07, 6.45) is 1.73. The van der Waals surface area contributed by atoms with Gasteiger partial charge in [0.05, 0.1) is 19.8 Å². The van der Waals surface area contributed by atoms with Crippen molar-refractivity contribution in [1.29, 1.82) is 0 Å². The third-order valence-corrected chi connectivity index (χ3v) is 2.13. The predicted octanol–water partition coefficient (Wildman–Crippen LogP) is 1.27. The molecule has 0 fully saturated rings. The van der Waals surface area contributed by atoms with Gasteiger partial charge in [-0.05, 0) is 19.1 Å². The van der Waals surface area contributed by atoms with Crippen LogP contribution in [-0.2, 0) is 9.47 Å². The number of esters is 1. The Labute approximate surface area is 106 Å². The van der Waals surface area contributed by atoms with Crippen LogP contribution in [-0.4, -0.2) is 42.5 Å². The number of methoxy groups -OCH3 is 1. The van der Waals surface area contributed by atoms with Crippen LogP contribution in [0.4, 0.5) is 5.82 Å². The van der Waals surface area contributed by atoms with E-state index in [1.54, 1.807) is 18.2 Å². The highest BCUT2D eigenvalue weighted by Gasteiger charge is 2.08. The van der Waals surface area contributed by atoms with Crippen molar-refractivity contribution in [3.8, 4) is 0 Å². The maximum Gasteiger partial charge on any atom is 0.358 e. The Hall–Kier alpha value is -1.95. The molecule has 1 atom stereocenters. The van der Waals surface area contributed by atoms with E-state index in [9.17, 15) is 4.79 Å². The SMILES string of the molecule is C=CCOC(C)CNc1ccc(C(=O)OC)nn1. The van der Waals surface area contributed by atoms with Crippen molar-refractivity contribution in [2.45, 2.75) is 13.0 Å². The number of aromatic nitrogens is 2. The maximum atomic E-state index is 11.1. The fourth-order valence-corrected chi connectivity index (χ4v) is 1.18. The summed E-state index contributed by atoms with van der Waals surface area (Å²) in [5.74, 6) is 0.0773. The molecule has 0 saturated heterocycles. The van der Waals surface area contributed by atoms with E-state index in [1.165, 1.54) is 7.11 Å². The first-order chi connectivity index (χ1) is 8.67. The average Bonchev–Trinajstić information content (AvgIpc) is 2.42. The van der Waals surface area contributed by atoms with Gasteiger partial charge in [-0.1, -0.05) is 6.08 Å². The lowest BCUT2D eigenvalue weighted by molar-refractivity contribution is 0.0592. The van der Waals surface area contributed by atoms with Gasteiger partial charge >= 0.3 is 5.97 Å². The van der Waals surface area contributed by atoms with Gasteiger partial charge in [-0.25, -0.2) is 4.79 Å². The number of hydrogen-bond acceptors (Lipinski definition) is 6. The van der Waals surface area contributed by atoms with Crippen molar-refractivity contribution < 1.29 is 14.3 Å². The summed E-state index contributed by atoms with van der Waals surface area (Å²) in [6.45, 7) is 6.62. The Balaban J connectivity index is 2.44. The summed E-state index contributed by atoms with van der Waals surface area (Å²) in [6, 6.07) is 3.22. The molecule has 98 valence electrons. The van der Waals surface area contributed by atoms with E-state index >= 15 is 0 Å². The largest absolute Gasteiger partial charge is 0.464 e. The molecule has 0 saturated carbocycles. The molecular weight excluding hydrogens is 234 g/mol. The zero-order chi connectivity index (χ0) is 13.4. The van der Waals surface area contributed by atoms with Gasteiger partial charge in [0.1, 0.15) is 5.82 Å². The predicted molar refractivity (Wildman–Crippen MR) is 67.5 cm³/mol. The number of rotatable bonds is 7. The second kappa shape index (κ2) is 7.39. The van der Waals surface area contributed by atoms with Crippen LogP contribution in [0.5, 0.6) is 0 Å². The van der Waals surface area contributed by atoms with Crippen LogP contribution in [0.2, 0.25) is 0 Å². The van der Waals surface area contributed by atoms with Gasteiger partial charge in [-0.3, -0.25) is 0 Å². The Morgan fingerprint density at radius 1 is 1.56 bits per heavy atom. The molecule has 18 heavy (non-hydrogen) atoms. The molecule has 1 aromatic rings. The van der Waals surface area contributed by atoms with Crippen LogP contribution in [0.1, 0.15) is 17.4 Å². The number of carbonyl (C=O) groups is 1. The van der Waals surface area contributed by atoms with Crippen molar-refractivity contribution in [3.05, 3.63) is 30.5 Å². The summed E-state index contributed by atoms with van der Waals surface area (Å²) >= 11 is 0. The highest BCUT2D eigenvalue weighted by molar-refractivity contribution is 5.86. The first-order valence-corrected chi connectivity index (χ1v) is 5.55.